The second-order valence-electron chi connectivity index (χ2n) is 5.72. The lowest BCUT2D eigenvalue weighted by atomic mass is 10.1. The summed E-state index contributed by atoms with van der Waals surface area (Å²) in [5, 5.41) is 8.94. The molecule has 1 aliphatic rings. The second-order valence-corrected chi connectivity index (χ2v) is 5.72. The summed E-state index contributed by atoms with van der Waals surface area (Å²) in [4.78, 5) is 10.9. The zero-order valence-electron chi connectivity index (χ0n) is 12.6. The van der Waals surface area contributed by atoms with E-state index in [0.717, 1.165) is 42.9 Å². The zero-order chi connectivity index (χ0) is 15.4. The van der Waals surface area contributed by atoms with Crippen molar-refractivity contribution < 1.29 is 14.6 Å². The molecule has 1 saturated heterocycles. The fourth-order valence-corrected chi connectivity index (χ4v) is 3.03. The third-order valence-corrected chi connectivity index (χ3v) is 4.15. The maximum Gasteiger partial charge on any atom is 0.303 e. The number of aromatic nitrogens is 1. The molecule has 4 heteroatoms. The summed E-state index contributed by atoms with van der Waals surface area (Å²) < 4.78 is 7.99. The van der Waals surface area contributed by atoms with Gasteiger partial charge in [-0.25, -0.2) is 0 Å². The summed E-state index contributed by atoms with van der Waals surface area (Å²) in [5.74, 6) is -0.758. The van der Waals surface area contributed by atoms with Crippen molar-refractivity contribution in [2.75, 3.05) is 6.61 Å². The molecule has 1 N–H and O–H groups in total. The number of carboxylic acid groups (broad SMARTS) is 1. The number of aryl methyl sites for hydroxylation is 1. The molecule has 1 aliphatic heterocycles. The first-order valence-electron chi connectivity index (χ1n) is 7.81. The van der Waals surface area contributed by atoms with Crippen LogP contribution >= 0.6 is 0 Å². The fourth-order valence-electron chi connectivity index (χ4n) is 3.03. The van der Waals surface area contributed by atoms with E-state index in [4.69, 9.17) is 9.84 Å². The summed E-state index contributed by atoms with van der Waals surface area (Å²) in [6, 6.07) is 14.3. The van der Waals surface area contributed by atoms with Gasteiger partial charge in [0.25, 0.3) is 0 Å². The Kier molecular flexibility index (Phi) is 4.59. The summed E-state index contributed by atoms with van der Waals surface area (Å²) in [5.41, 5.74) is 3.36. The molecule has 1 aromatic carbocycles. The molecule has 0 amide bonds. The Hall–Kier alpha value is -2.07. The molecular weight excluding hydrogens is 278 g/mol. The van der Waals surface area contributed by atoms with Gasteiger partial charge in [-0.15, -0.1) is 0 Å². The van der Waals surface area contributed by atoms with Crippen molar-refractivity contribution in [2.24, 2.45) is 0 Å². The Labute approximate surface area is 130 Å². The van der Waals surface area contributed by atoms with Crippen molar-refractivity contribution in [1.82, 2.24) is 4.57 Å². The van der Waals surface area contributed by atoms with Gasteiger partial charge in [-0.1, -0.05) is 30.3 Å². The number of rotatable bonds is 6. The van der Waals surface area contributed by atoms with Crippen LogP contribution < -0.4 is 0 Å². The SMILES string of the molecule is O=C(O)CCc1ccc(-c2ccccc2)n1C[C@@H]1CCCO1. The van der Waals surface area contributed by atoms with Crippen molar-refractivity contribution in [1.29, 1.82) is 0 Å². The van der Waals surface area contributed by atoms with Gasteiger partial charge in [-0.2, -0.15) is 0 Å². The van der Waals surface area contributed by atoms with Crippen molar-refractivity contribution in [3.05, 3.63) is 48.2 Å². The quantitative estimate of drug-likeness (QED) is 0.890. The fraction of sp³-hybridized carbons (Fsp3) is 0.389. The molecule has 0 unspecified atom stereocenters. The number of carbonyl (C=O) groups is 1. The summed E-state index contributed by atoms with van der Waals surface area (Å²) in [6.45, 7) is 1.63. The van der Waals surface area contributed by atoms with E-state index in [2.05, 4.69) is 22.8 Å². The van der Waals surface area contributed by atoms with Gasteiger partial charge in [0.05, 0.1) is 12.5 Å². The van der Waals surface area contributed by atoms with Gasteiger partial charge < -0.3 is 14.4 Å². The van der Waals surface area contributed by atoms with Crippen LogP contribution in [0.2, 0.25) is 0 Å². The van der Waals surface area contributed by atoms with E-state index in [0.29, 0.717) is 6.42 Å². The topological polar surface area (TPSA) is 51.5 Å². The standard InChI is InChI=1S/C18H21NO3/c20-18(21)11-9-15-8-10-17(14-5-2-1-3-6-14)19(15)13-16-7-4-12-22-16/h1-3,5-6,8,10,16H,4,7,9,11-13H2,(H,20,21)/t16-/m0/s1. The molecule has 0 aliphatic carbocycles. The van der Waals surface area contributed by atoms with E-state index < -0.39 is 5.97 Å². The van der Waals surface area contributed by atoms with Crippen molar-refractivity contribution in [3.8, 4) is 11.3 Å². The maximum atomic E-state index is 10.9. The van der Waals surface area contributed by atoms with Gasteiger partial charge in [0.1, 0.15) is 0 Å². The van der Waals surface area contributed by atoms with Crippen LogP contribution in [0.3, 0.4) is 0 Å². The normalized spacial score (nSPS) is 17.7. The van der Waals surface area contributed by atoms with E-state index >= 15 is 0 Å². The lowest BCUT2D eigenvalue weighted by Crippen LogP contribution is -2.18. The minimum absolute atomic E-state index is 0.157. The molecule has 1 aromatic heterocycles. The number of hydrogen-bond acceptors (Lipinski definition) is 2. The van der Waals surface area contributed by atoms with Gasteiger partial charge in [0.2, 0.25) is 0 Å². The zero-order valence-corrected chi connectivity index (χ0v) is 12.6. The first-order valence-corrected chi connectivity index (χ1v) is 7.81. The minimum Gasteiger partial charge on any atom is -0.481 e. The molecule has 0 spiro atoms. The third-order valence-electron chi connectivity index (χ3n) is 4.15. The first kappa shape index (κ1) is 14.9. The number of benzene rings is 1. The summed E-state index contributed by atoms with van der Waals surface area (Å²) >= 11 is 0. The van der Waals surface area contributed by atoms with E-state index in [-0.39, 0.29) is 12.5 Å². The monoisotopic (exact) mass is 299 g/mol. The number of nitrogens with zero attached hydrogens (tertiary/aromatic N) is 1. The maximum absolute atomic E-state index is 10.9. The predicted molar refractivity (Wildman–Crippen MR) is 84.8 cm³/mol. The van der Waals surface area contributed by atoms with Crippen LogP contribution in [0.1, 0.15) is 25.0 Å². The van der Waals surface area contributed by atoms with Crippen molar-refractivity contribution >= 4 is 5.97 Å². The average Bonchev–Trinajstić information content (AvgIpc) is 3.16. The lowest BCUT2D eigenvalue weighted by Gasteiger charge is -2.17. The Morgan fingerprint density at radius 1 is 1.23 bits per heavy atom. The molecule has 1 fully saturated rings. The molecule has 2 aromatic rings. The Morgan fingerprint density at radius 3 is 2.73 bits per heavy atom. The number of carboxylic acids is 1. The average molecular weight is 299 g/mol. The molecule has 22 heavy (non-hydrogen) atoms. The smallest absolute Gasteiger partial charge is 0.303 e. The number of aliphatic carboxylic acids is 1. The van der Waals surface area contributed by atoms with Crippen LogP contribution in [0.5, 0.6) is 0 Å². The van der Waals surface area contributed by atoms with Crippen LogP contribution in [0.4, 0.5) is 0 Å². The third kappa shape index (κ3) is 3.39. The van der Waals surface area contributed by atoms with Crippen molar-refractivity contribution in [2.45, 2.75) is 38.3 Å². The highest BCUT2D eigenvalue weighted by molar-refractivity contribution is 5.67. The van der Waals surface area contributed by atoms with Gasteiger partial charge >= 0.3 is 5.97 Å². The summed E-state index contributed by atoms with van der Waals surface area (Å²) in [6.07, 6.45) is 3.12. The summed E-state index contributed by atoms with van der Waals surface area (Å²) in [7, 11) is 0. The van der Waals surface area contributed by atoms with Crippen LogP contribution in [-0.4, -0.2) is 28.4 Å². The molecule has 1 atom stereocenters. The van der Waals surface area contributed by atoms with Crippen molar-refractivity contribution in [3.63, 3.8) is 0 Å². The van der Waals surface area contributed by atoms with E-state index in [1.807, 2.05) is 24.3 Å². The highest BCUT2D eigenvalue weighted by atomic mass is 16.5. The van der Waals surface area contributed by atoms with Crippen LogP contribution in [0.25, 0.3) is 11.3 Å². The Bertz CT molecular complexity index is 627. The predicted octanol–water partition coefficient (Wildman–Crippen LogP) is 3.35. The molecule has 0 radical (unpaired) electrons. The van der Waals surface area contributed by atoms with E-state index in [1.165, 1.54) is 0 Å². The highest BCUT2D eigenvalue weighted by Gasteiger charge is 2.19. The molecule has 3 rings (SSSR count). The molecule has 2 heterocycles. The van der Waals surface area contributed by atoms with E-state index in [1.54, 1.807) is 0 Å². The van der Waals surface area contributed by atoms with Gasteiger partial charge in [-0.05, 0) is 37.0 Å². The van der Waals surface area contributed by atoms with Gasteiger partial charge in [-0.3, -0.25) is 4.79 Å². The van der Waals surface area contributed by atoms with E-state index in [9.17, 15) is 4.79 Å². The Balaban J connectivity index is 1.89. The molecule has 116 valence electrons. The minimum atomic E-state index is -0.758. The highest BCUT2D eigenvalue weighted by Crippen LogP contribution is 2.26. The van der Waals surface area contributed by atoms with Crippen LogP contribution in [0, 0.1) is 0 Å². The van der Waals surface area contributed by atoms with Gasteiger partial charge in [0.15, 0.2) is 0 Å². The van der Waals surface area contributed by atoms with Gasteiger partial charge in [0, 0.05) is 24.5 Å². The number of ether oxygens (including phenoxy) is 1. The largest absolute Gasteiger partial charge is 0.481 e. The Morgan fingerprint density at radius 2 is 2.05 bits per heavy atom. The molecule has 0 bridgehead atoms. The molecule has 4 nitrogen and oxygen atoms in total. The lowest BCUT2D eigenvalue weighted by molar-refractivity contribution is -0.136. The molecular formula is C18H21NO3. The first-order chi connectivity index (χ1) is 10.7. The van der Waals surface area contributed by atoms with Crippen LogP contribution in [-0.2, 0) is 22.5 Å². The second kappa shape index (κ2) is 6.79. The molecule has 0 saturated carbocycles. The van der Waals surface area contributed by atoms with Crippen LogP contribution in [0.15, 0.2) is 42.5 Å². The number of hydrogen-bond donors (Lipinski definition) is 1.